The molecule has 0 aliphatic heterocycles. The van der Waals surface area contributed by atoms with Crippen LogP contribution in [-0.2, 0) is 9.59 Å². The highest BCUT2D eigenvalue weighted by Gasteiger charge is 2.23. The Kier molecular flexibility index (Phi) is 9.56. The molecule has 7 nitrogen and oxygen atoms in total. The van der Waals surface area contributed by atoms with Gasteiger partial charge in [0.15, 0.2) is 5.13 Å². The predicted molar refractivity (Wildman–Crippen MR) is 169 cm³/mol. The molecule has 1 unspecified atom stereocenters. The topological polar surface area (TPSA) is 100 Å². The number of thioether (sulfide) groups is 1. The minimum Gasteiger partial charge on any atom is -0.321 e. The van der Waals surface area contributed by atoms with Crippen LogP contribution in [0.15, 0.2) is 137 Å². The van der Waals surface area contributed by atoms with Crippen LogP contribution in [0.5, 0.6) is 0 Å². The fourth-order valence-electron chi connectivity index (χ4n) is 3.97. The monoisotopic (exact) mass is 590 g/mol. The Labute approximate surface area is 251 Å². The van der Waals surface area contributed by atoms with Crippen molar-refractivity contribution in [2.45, 2.75) is 10.1 Å². The molecule has 3 amide bonds. The lowest BCUT2D eigenvalue weighted by Gasteiger charge is -2.16. The Balaban J connectivity index is 1.31. The number of thiazole rings is 1. The zero-order valence-electron chi connectivity index (χ0n) is 22.3. The molecule has 0 radical (unpaired) electrons. The van der Waals surface area contributed by atoms with Gasteiger partial charge in [-0.2, -0.15) is 0 Å². The Hall–Kier alpha value is -4.99. The van der Waals surface area contributed by atoms with E-state index in [1.165, 1.54) is 23.1 Å². The van der Waals surface area contributed by atoms with E-state index in [2.05, 4.69) is 20.9 Å². The number of amides is 3. The van der Waals surface area contributed by atoms with Gasteiger partial charge < -0.3 is 16.0 Å². The third-order valence-corrected chi connectivity index (χ3v) is 7.96. The summed E-state index contributed by atoms with van der Waals surface area (Å²) in [6, 6.07) is 34.8. The van der Waals surface area contributed by atoms with Gasteiger partial charge in [-0.3, -0.25) is 14.4 Å². The average Bonchev–Trinajstić information content (AvgIpc) is 3.54. The molecule has 4 aromatic carbocycles. The summed E-state index contributed by atoms with van der Waals surface area (Å²) in [6.07, 6.45) is 3.28. The van der Waals surface area contributed by atoms with Crippen LogP contribution in [0.3, 0.4) is 0 Å². The van der Waals surface area contributed by atoms with Crippen LogP contribution in [-0.4, -0.2) is 22.7 Å². The lowest BCUT2D eigenvalue weighted by molar-refractivity contribution is -0.116. The molecule has 5 rings (SSSR count). The molecule has 1 heterocycles. The molecule has 0 fully saturated rings. The lowest BCUT2D eigenvalue weighted by atomic mass is 10.1. The molecule has 42 heavy (non-hydrogen) atoms. The van der Waals surface area contributed by atoms with Crippen LogP contribution >= 0.6 is 23.1 Å². The van der Waals surface area contributed by atoms with Crippen LogP contribution in [0, 0.1) is 0 Å². The molecule has 0 saturated heterocycles. The quantitative estimate of drug-likeness (QED) is 0.120. The first-order chi connectivity index (χ1) is 20.5. The Morgan fingerprint density at radius 1 is 0.762 bits per heavy atom. The van der Waals surface area contributed by atoms with Crippen molar-refractivity contribution < 1.29 is 14.4 Å². The number of carbonyl (C=O) groups excluding carboxylic acids is 3. The number of hydrogen-bond donors (Lipinski definition) is 3. The smallest absolute Gasteiger partial charge is 0.272 e. The molecule has 1 aromatic heterocycles. The fourth-order valence-corrected chi connectivity index (χ4v) is 5.52. The molecule has 0 bridgehead atoms. The minimum absolute atomic E-state index is 0.108. The van der Waals surface area contributed by atoms with E-state index in [9.17, 15) is 14.4 Å². The Morgan fingerprint density at radius 2 is 1.40 bits per heavy atom. The lowest BCUT2D eigenvalue weighted by Crippen LogP contribution is -2.30. The van der Waals surface area contributed by atoms with Crippen LogP contribution in [0.4, 0.5) is 10.8 Å². The number of benzene rings is 4. The number of nitrogens with zero attached hydrogens (tertiary/aromatic N) is 1. The Bertz CT molecular complexity index is 1660. The van der Waals surface area contributed by atoms with Gasteiger partial charge in [-0.05, 0) is 53.6 Å². The summed E-state index contributed by atoms with van der Waals surface area (Å²) in [7, 11) is 0. The van der Waals surface area contributed by atoms with Crippen molar-refractivity contribution in [3.8, 4) is 0 Å². The summed E-state index contributed by atoms with van der Waals surface area (Å²) >= 11 is 2.76. The molecule has 208 valence electrons. The van der Waals surface area contributed by atoms with Crippen molar-refractivity contribution in [3.63, 3.8) is 0 Å². The summed E-state index contributed by atoms with van der Waals surface area (Å²) < 4.78 is 0. The highest BCUT2D eigenvalue weighted by Crippen LogP contribution is 2.37. The predicted octanol–water partition coefficient (Wildman–Crippen LogP) is 7.02. The second kappa shape index (κ2) is 14.1. The zero-order valence-corrected chi connectivity index (χ0v) is 23.9. The van der Waals surface area contributed by atoms with E-state index in [-0.39, 0.29) is 17.5 Å². The third-order valence-electron chi connectivity index (χ3n) is 6.01. The van der Waals surface area contributed by atoms with E-state index in [0.29, 0.717) is 16.4 Å². The van der Waals surface area contributed by atoms with Crippen molar-refractivity contribution in [1.29, 1.82) is 0 Å². The first-order valence-corrected chi connectivity index (χ1v) is 14.8. The van der Waals surface area contributed by atoms with Crippen LogP contribution in [0.2, 0.25) is 0 Å². The normalized spacial score (nSPS) is 11.8. The van der Waals surface area contributed by atoms with E-state index in [0.717, 1.165) is 16.0 Å². The van der Waals surface area contributed by atoms with E-state index in [1.807, 2.05) is 78.9 Å². The molecule has 1 atom stereocenters. The molecule has 5 aromatic rings. The molecular formula is C33H26N4O3S2. The van der Waals surface area contributed by atoms with Crippen molar-refractivity contribution in [3.05, 3.63) is 149 Å². The van der Waals surface area contributed by atoms with Crippen molar-refractivity contribution in [2.75, 3.05) is 10.6 Å². The maximum Gasteiger partial charge on any atom is 0.272 e. The second-order valence-corrected chi connectivity index (χ2v) is 11.1. The molecule has 9 heteroatoms. The zero-order chi connectivity index (χ0) is 29.1. The maximum atomic E-state index is 13.3. The fraction of sp³-hybridized carbons (Fsp3) is 0.0303. The van der Waals surface area contributed by atoms with Gasteiger partial charge in [0.25, 0.3) is 11.8 Å². The summed E-state index contributed by atoms with van der Waals surface area (Å²) in [6.45, 7) is 0. The number of nitrogens with one attached hydrogen (secondary N) is 3. The van der Waals surface area contributed by atoms with Crippen molar-refractivity contribution in [2.24, 2.45) is 0 Å². The number of hydrogen-bond acceptors (Lipinski definition) is 6. The highest BCUT2D eigenvalue weighted by molar-refractivity contribution is 8.00. The number of aromatic nitrogens is 1. The van der Waals surface area contributed by atoms with Gasteiger partial charge in [-0.15, -0.1) is 23.1 Å². The second-order valence-electron chi connectivity index (χ2n) is 9.00. The van der Waals surface area contributed by atoms with E-state index in [4.69, 9.17) is 0 Å². The van der Waals surface area contributed by atoms with Crippen LogP contribution < -0.4 is 16.0 Å². The van der Waals surface area contributed by atoms with Gasteiger partial charge in [0.2, 0.25) is 5.91 Å². The van der Waals surface area contributed by atoms with Gasteiger partial charge in [0.05, 0.1) is 0 Å². The SMILES string of the molecule is O=C(Nc1ccc(SC(C(=O)Nc2nccs2)c2ccccc2)cc1)/C(=C/c1ccccc1)NC(=O)c1ccccc1. The summed E-state index contributed by atoms with van der Waals surface area (Å²) in [5.41, 5.74) is 2.72. The van der Waals surface area contributed by atoms with E-state index in [1.54, 1.807) is 54.1 Å². The minimum atomic E-state index is -0.510. The Morgan fingerprint density at radius 3 is 2.05 bits per heavy atom. The van der Waals surface area contributed by atoms with Gasteiger partial charge in [-0.1, -0.05) is 78.9 Å². The van der Waals surface area contributed by atoms with Crippen LogP contribution in [0.1, 0.15) is 26.7 Å². The largest absolute Gasteiger partial charge is 0.321 e. The number of carbonyl (C=O) groups is 3. The maximum absolute atomic E-state index is 13.3. The molecule has 0 aliphatic carbocycles. The standard InChI is InChI=1S/C33H26N4O3S2/c38-30(25-14-8-3-9-15-25)36-28(22-23-10-4-1-5-11-23)31(39)35-26-16-18-27(19-17-26)42-29(24-12-6-2-7-13-24)32(40)37-33-34-20-21-41-33/h1-22,29H,(H,35,39)(H,36,38)(H,34,37,40)/b28-22-. The van der Waals surface area contributed by atoms with Gasteiger partial charge in [0.1, 0.15) is 10.9 Å². The van der Waals surface area contributed by atoms with E-state index < -0.39 is 11.2 Å². The van der Waals surface area contributed by atoms with Crippen molar-refractivity contribution in [1.82, 2.24) is 10.3 Å². The first kappa shape index (κ1) is 28.5. The van der Waals surface area contributed by atoms with Gasteiger partial charge >= 0.3 is 0 Å². The average molecular weight is 591 g/mol. The highest BCUT2D eigenvalue weighted by atomic mass is 32.2. The molecule has 0 aliphatic rings. The van der Waals surface area contributed by atoms with E-state index >= 15 is 0 Å². The molecular weight excluding hydrogens is 565 g/mol. The molecule has 3 N–H and O–H groups in total. The summed E-state index contributed by atoms with van der Waals surface area (Å²) in [5, 5.41) is 10.3. The number of rotatable bonds is 10. The summed E-state index contributed by atoms with van der Waals surface area (Å²) in [5.74, 6) is -1.03. The summed E-state index contributed by atoms with van der Waals surface area (Å²) in [4.78, 5) is 44.3. The third kappa shape index (κ3) is 7.81. The molecule has 0 saturated carbocycles. The first-order valence-electron chi connectivity index (χ1n) is 13.0. The van der Waals surface area contributed by atoms with Crippen molar-refractivity contribution >= 4 is 57.7 Å². The van der Waals surface area contributed by atoms with Gasteiger partial charge in [0, 0.05) is 27.7 Å². The number of anilines is 2. The van der Waals surface area contributed by atoms with Gasteiger partial charge in [-0.25, -0.2) is 4.98 Å². The van der Waals surface area contributed by atoms with Crippen LogP contribution in [0.25, 0.3) is 6.08 Å². The molecule has 0 spiro atoms.